The minimum atomic E-state index is -0.502. The Labute approximate surface area is 236 Å². The lowest BCUT2D eigenvalue weighted by molar-refractivity contribution is 0.0185. The van der Waals surface area contributed by atoms with E-state index in [1.54, 1.807) is 22.7 Å². The van der Waals surface area contributed by atoms with Crippen LogP contribution in [0.2, 0.25) is 0 Å². The van der Waals surface area contributed by atoms with Crippen LogP contribution in [0.25, 0.3) is 27.8 Å². The summed E-state index contributed by atoms with van der Waals surface area (Å²) in [6.45, 7) is 7.07. The Balaban J connectivity index is 1.15. The lowest BCUT2D eigenvalue weighted by Crippen LogP contribution is -2.42. The van der Waals surface area contributed by atoms with Crippen LogP contribution in [-0.2, 0) is 11.3 Å². The van der Waals surface area contributed by atoms with Gasteiger partial charge in [-0.1, -0.05) is 0 Å². The third-order valence-corrected chi connectivity index (χ3v) is 6.98. The zero-order chi connectivity index (χ0) is 28.6. The molecule has 1 amide bonds. The quantitative estimate of drug-likeness (QED) is 0.293. The molecule has 0 saturated carbocycles. The van der Waals surface area contributed by atoms with Crippen molar-refractivity contribution in [1.82, 2.24) is 39.5 Å². The van der Waals surface area contributed by atoms with Gasteiger partial charge in [-0.15, -0.1) is 10.2 Å². The van der Waals surface area contributed by atoms with Gasteiger partial charge in [0.05, 0.1) is 30.6 Å². The Morgan fingerprint density at radius 1 is 1.07 bits per heavy atom. The van der Waals surface area contributed by atoms with E-state index in [2.05, 4.69) is 20.3 Å². The first kappa shape index (κ1) is 26.5. The van der Waals surface area contributed by atoms with Crippen molar-refractivity contribution < 1.29 is 19.0 Å². The number of rotatable bonds is 6. The summed E-state index contributed by atoms with van der Waals surface area (Å²) in [4.78, 5) is 18.6. The number of nitrogens with zero attached hydrogens (tertiary/aromatic N) is 8. The molecule has 41 heavy (non-hydrogen) atoms. The molecular weight excluding hydrogens is 524 g/mol. The molecule has 5 aromatic rings. The summed E-state index contributed by atoms with van der Waals surface area (Å²) in [6, 6.07) is 11.5. The van der Waals surface area contributed by atoms with Crippen molar-refractivity contribution in [1.29, 1.82) is 0 Å². The summed E-state index contributed by atoms with van der Waals surface area (Å²) < 4.78 is 20.6. The second-order valence-corrected chi connectivity index (χ2v) is 11.0. The van der Waals surface area contributed by atoms with E-state index in [1.807, 2.05) is 74.2 Å². The average molecular weight is 557 g/mol. The molecule has 1 aliphatic rings. The predicted octanol–water partition coefficient (Wildman–Crippen LogP) is 4.70. The Morgan fingerprint density at radius 3 is 2.68 bits per heavy atom. The van der Waals surface area contributed by atoms with Gasteiger partial charge in [-0.25, -0.2) is 4.79 Å². The van der Waals surface area contributed by atoms with E-state index in [0.717, 1.165) is 40.8 Å². The summed E-state index contributed by atoms with van der Waals surface area (Å²) in [7, 11) is 1.63. The molecule has 0 atom stereocenters. The van der Waals surface area contributed by atoms with E-state index in [9.17, 15) is 4.79 Å². The Kier molecular flexibility index (Phi) is 6.90. The minimum Gasteiger partial charge on any atom is -0.497 e. The fraction of sp³-hybridized carbons (Fsp3) is 0.379. The van der Waals surface area contributed by atoms with Gasteiger partial charge in [0, 0.05) is 42.5 Å². The van der Waals surface area contributed by atoms with Gasteiger partial charge in [0.25, 0.3) is 0 Å². The van der Waals surface area contributed by atoms with Crippen molar-refractivity contribution in [2.75, 3.05) is 20.2 Å². The van der Waals surface area contributed by atoms with Crippen LogP contribution in [0.4, 0.5) is 4.79 Å². The largest absolute Gasteiger partial charge is 0.497 e. The lowest BCUT2D eigenvalue weighted by atomic mass is 10.1. The lowest BCUT2D eigenvalue weighted by Gasteiger charge is -2.33. The molecule has 1 aliphatic heterocycles. The molecule has 1 saturated heterocycles. The standard InChI is InChI=1S/C29H32N8O4/c1-29(2,3)41-28(38)35-13-10-20(11-14-35)36-17-19(16-31-36)23-7-8-26-32-33-27(37(26)34-23)18-40-25-9-12-30-24-15-21(39-4)5-6-22(24)25/h5-9,12,15-17,20H,10-11,13-14,18H2,1-4H3. The molecule has 12 heteroatoms. The third kappa shape index (κ3) is 5.63. The molecule has 1 aromatic carbocycles. The molecule has 5 heterocycles. The molecule has 4 aromatic heterocycles. The van der Waals surface area contributed by atoms with Crippen molar-refractivity contribution in [3.8, 4) is 22.8 Å². The highest BCUT2D eigenvalue weighted by Gasteiger charge is 2.28. The number of carbonyl (C=O) groups excluding carboxylic acids is 1. The topological polar surface area (TPSA) is 122 Å². The van der Waals surface area contributed by atoms with E-state index in [4.69, 9.17) is 19.3 Å². The number of carbonyl (C=O) groups is 1. The van der Waals surface area contributed by atoms with Gasteiger partial charge in [-0.05, 0) is 63.9 Å². The number of fused-ring (bicyclic) bond motifs is 2. The van der Waals surface area contributed by atoms with E-state index in [-0.39, 0.29) is 18.7 Å². The number of benzene rings is 1. The molecule has 12 nitrogen and oxygen atoms in total. The molecule has 0 unspecified atom stereocenters. The van der Waals surface area contributed by atoms with E-state index < -0.39 is 5.60 Å². The first-order valence-corrected chi connectivity index (χ1v) is 13.6. The normalized spacial score (nSPS) is 14.5. The zero-order valence-corrected chi connectivity index (χ0v) is 23.5. The van der Waals surface area contributed by atoms with Crippen LogP contribution >= 0.6 is 0 Å². The fourth-order valence-electron chi connectivity index (χ4n) is 4.88. The molecule has 0 spiro atoms. The highest BCUT2D eigenvalue weighted by molar-refractivity contribution is 5.85. The van der Waals surface area contributed by atoms with Crippen LogP contribution in [0.5, 0.6) is 11.5 Å². The number of pyridine rings is 1. The Hall–Kier alpha value is -4.74. The number of methoxy groups -OCH3 is 1. The molecule has 212 valence electrons. The van der Waals surface area contributed by atoms with Crippen LogP contribution in [-0.4, -0.2) is 71.4 Å². The fourth-order valence-corrected chi connectivity index (χ4v) is 4.88. The summed E-state index contributed by atoms with van der Waals surface area (Å²) in [5.41, 5.74) is 2.53. The summed E-state index contributed by atoms with van der Waals surface area (Å²) >= 11 is 0. The van der Waals surface area contributed by atoms with Crippen molar-refractivity contribution >= 4 is 22.6 Å². The Morgan fingerprint density at radius 2 is 1.90 bits per heavy atom. The molecule has 0 bridgehead atoms. The van der Waals surface area contributed by atoms with Crippen LogP contribution in [0.3, 0.4) is 0 Å². The minimum absolute atomic E-state index is 0.179. The summed E-state index contributed by atoms with van der Waals surface area (Å²) in [5, 5.41) is 18.8. The monoisotopic (exact) mass is 556 g/mol. The maximum absolute atomic E-state index is 12.4. The second kappa shape index (κ2) is 10.7. The number of amides is 1. The number of likely N-dealkylation sites (tertiary alicyclic amines) is 1. The van der Waals surface area contributed by atoms with Crippen molar-refractivity contribution in [2.24, 2.45) is 0 Å². The van der Waals surface area contributed by atoms with Crippen LogP contribution in [0.1, 0.15) is 45.5 Å². The van der Waals surface area contributed by atoms with Gasteiger partial charge in [-0.2, -0.15) is 14.7 Å². The van der Waals surface area contributed by atoms with Gasteiger partial charge in [-0.3, -0.25) is 9.67 Å². The number of ether oxygens (including phenoxy) is 3. The summed E-state index contributed by atoms with van der Waals surface area (Å²) in [5.74, 6) is 1.99. The highest BCUT2D eigenvalue weighted by Crippen LogP contribution is 2.28. The van der Waals surface area contributed by atoms with Gasteiger partial charge in [0.15, 0.2) is 11.5 Å². The molecule has 0 N–H and O–H groups in total. The van der Waals surface area contributed by atoms with E-state index in [1.165, 1.54) is 0 Å². The highest BCUT2D eigenvalue weighted by atomic mass is 16.6. The first-order chi connectivity index (χ1) is 19.8. The van der Waals surface area contributed by atoms with Gasteiger partial charge < -0.3 is 19.1 Å². The van der Waals surface area contributed by atoms with Crippen molar-refractivity contribution in [2.45, 2.75) is 51.9 Å². The number of hydrogen-bond donors (Lipinski definition) is 0. The molecule has 6 rings (SSSR count). The average Bonchev–Trinajstić information content (AvgIpc) is 3.62. The van der Waals surface area contributed by atoms with E-state index in [0.29, 0.717) is 30.3 Å². The smallest absolute Gasteiger partial charge is 0.410 e. The Bertz CT molecular complexity index is 1700. The summed E-state index contributed by atoms with van der Waals surface area (Å²) in [6.07, 6.45) is 6.85. The third-order valence-electron chi connectivity index (χ3n) is 6.98. The second-order valence-electron chi connectivity index (χ2n) is 11.0. The molecule has 0 radical (unpaired) electrons. The number of aromatic nitrogens is 7. The van der Waals surface area contributed by atoms with Gasteiger partial charge in [0.2, 0.25) is 0 Å². The van der Waals surface area contributed by atoms with Crippen LogP contribution < -0.4 is 9.47 Å². The zero-order valence-electron chi connectivity index (χ0n) is 23.5. The molecule has 0 aliphatic carbocycles. The maximum atomic E-state index is 12.4. The number of piperidine rings is 1. The predicted molar refractivity (Wildman–Crippen MR) is 151 cm³/mol. The molecule has 1 fully saturated rings. The number of hydrogen-bond acceptors (Lipinski definition) is 9. The van der Waals surface area contributed by atoms with E-state index >= 15 is 0 Å². The van der Waals surface area contributed by atoms with Crippen molar-refractivity contribution in [3.05, 3.63) is 60.8 Å². The SMILES string of the molecule is COc1ccc2c(OCc3nnc4ccc(-c5cnn(C6CCN(C(=O)OC(C)(C)C)CC6)c5)nn34)ccnc2c1. The van der Waals surface area contributed by atoms with Crippen molar-refractivity contribution in [3.63, 3.8) is 0 Å². The first-order valence-electron chi connectivity index (χ1n) is 13.6. The molecular formula is C29H32N8O4. The maximum Gasteiger partial charge on any atom is 0.410 e. The van der Waals surface area contributed by atoms with Gasteiger partial charge >= 0.3 is 6.09 Å². The van der Waals surface area contributed by atoms with Gasteiger partial charge in [0.1, 0.15) is 23.7 Å². The van der Waals surface area contributed by atoms with Crippen LogP contribution in [0.15, 0.2) is 55.0 Å². The van der Waals surface area contributed by atoms with Crippen LogP contribution in [0, 0.1) is 0 Å².